The second-order valence-electron chi connectivity index (χ2n) is 3.03. The Balaban J connectivity index is 2.61. The van der Waals surface area contributed by atoms with Crippen LogP contribution in [-0.4, -0.2) is 32.5 Å². The predicted molar refractivity (Wildman–Crippen MR) is 45.4 cm³/mol. The first kappa shape index (κ1) is 9.00. The summed E-state index contributed by atoms with van der Waals surface area (Å²) in [4.78, 5) is 0. The zero-order valence-electron chi connectivity index (χ0n) is 6.84. The highest BCUT2D eigenvalue weighted by Gasteiger charge is 2.20. The van der Waals surface area contributed by atoms with Crippen molar-refractivity contribution in [1.29, 1.82) is 0 Å². The quantitative estimate of drug-likeness (QED) is 0.621. The minimum atomic E-state index is -2.74. The maximum Gasteiger partial charge on any atom is 0.151 e. The molecule has 1 saturated heterocycles. The molecule has 1 rings (SSSR count). The maximum absolute atomic E-state index is 11.2. The fourth-order valence-corrected chi connectivity index (χ4v) is 3.03. The van der Waals surface area contributed by atoms with E-state index in [2.05, 4.69) is 5.32 Å². The van der Waals surface area contributed by atoms with Gasteiger partial charge in [-0.3, -0.25) is 0 Å². The molecule has 0 saturated carbocycles. The maximum atomic E-state index is 11.2. The fourth-order valence-electron chi connectivity index (χ4n) is 1.31. The Morgan fingerprint density at radius 3 is 2.91 bits per heavy atom. The number of sulfone groups is 1. The van der Waals surface area contributed by atoms with E-state index in [4.69, 9.17) is 0 Å². The molecule has 1 atom stereocenters. The van der Waals surface area contributed by atoms with Crippen molar-refractivity contribution in [1.82, 2.24) is 5.32 Å². The highest BCUT2D eigenvalue weighted by atomic mass is 32.2. The SMILES string of the molecule is CCC1CS(=O)(=O)CCCN1. The van der Waals surface area contributed by atoms with E-state index in [-0.39, 0.29) is 6.04 Å². The van der Waals surface area contributed by atoms with E-state index in [0.717, 1.165) is 19.4 Å². The van der Waals surface area contributed by atoms with Crippen LogP contribution in [0.3, 0.4) is 0 Å². The topological polar surface area (TPSA) is 46.2 Å². The van der Waals surface area contributed by atoms with Crippen LogP contribution in [-0.2, 0) is 9.84 Å². The van der Waals surface area contributed by atoms with Gasteiger partial charge in [-0.1, -0.05) is 6.92 Å². The molecule has 1 aliphatic heterocycles. The lowest BCUT2D eigenvalue weighted by atomic mass is 10.2. The van der Waals surface area contributed by atoms with E-state index >= 15 is 0 Å². The Kier molecular flexibility index (Phi) is 2.90. The summed E-state index contributed by atoms with van der Waals surface area (Å²) in [6, 6.07) is 0.183. The van der Waals surface area contributed by atoms with E-state index in [1.807, 2.05) is 6.92 Å². The Bertz CT molecular complexity index is 210. The Morgan fingerprint density at radius 2 is 2.27 bits per heavy atom. The number of nitrogens with one attached hydrogen (secondary N) is 1. The zero-order chi connectivity index (χ0) is 8.32. The summed E-state index contributed by atoms with van der Waals surface area (Å²) in [5.74, 6) is 0.681. The van der Waals surface area contributed by atoms with Gasteiger partial charge in [-0.15, -0.1) is 0 Å². The van der Waals surface area contributed by atoms with E-state index in [1.54, 1.807) is 0 Å². The van der Waals surface area contributed by atoms with Gasteiger partial charge in [0, 0.05) is 6.04 Å². The van der Waals surface area contributed by atoms with Gasteiger partial charge in [0.25, 0.3) is 0 Å². The van der Waals surface area contributed by atoms with Crippen molar-refractivity contribution in [2.45, 2.75) is 25.8 Å². The third-order valence-electron chi connectivity index (χ3n) is 2.01. The normalized spacial score (nSPS) is 31.2. The molecule has 0 aromatic heterocycles. The average Bonchev–Trinajstić information content (AvgIpc) is 2.10. The van der Waals surface area contributed by atoms with Crippen LogP contribution in [0, 0.1) is 0 Å². The Hall–Kier alpha value is -0.0900. The largest absolute Gasteiger partial charge is 0.313 e. The van der Waals surface area contributed by atoms with Gasteiger partial charge in [0.2, 0.25) is 0 Å². The molecule has 1 heterocycles. The Morgan fingerprint density at radius 1 is 1.55 bits per heavy atom. The highest BCUT2D eigenvalue weighted by Crippen LogP contribution is 2.04. The summed E-state index contributed by atoms with van der Waals surface area (Å²) in [6.45, 7) is 2.86. The van der Waals surface area contributed by atoms with Crippen LogP contribution in [0.15, 0.2) is 0 Å². The molecule has 1 aliphatic rings. The Labute approximate surface area is 68.1 Å². The van der Waals surface area contributed by atoms with E-state index < -0.39 is 9.84 Å². The fraction of sp³-hybridized carbons (Fsp3) is 1.00. The van der Waals surface area contributed by atoms with Crippen molar-refractivity contribution in [3.63, 3.8) is 0 Å². The van der Waals surface area contributed by atoms with E-state index in [9.17, 15) is 8.42 Å². The van der Waals surface area contributed by atoms with Crippen molar-refractivity contribution in [2.24, 2.45) is 0 Å². The first-order valence-electron chi connectivity index (χ1n) is 4.08. The van der Waals surface area contributed by atoms with Crippen LogP contribution in [0.5, 0.6) is 0 Å². The lowest BCUT2D eigenvalue weighted by Gasteiger charge is -2.11. The van der Waals surface area contributed by atoms with Crippen molar-refractivity contribution < 1.29 is 8.42 Å². The zero-order valence-corrected chi connectivity index (χ0v) is 7.65. The highest BCUT2D eigenvalue weighted by molar-refractivity contribution is 7.91. The molecule has 1 fully saturated rings. The van der Waals surface area contributed by atoms with Crippen molar-refractivity contribution >= 4 is 9.84 Å². The summed E-state index contributed by atoms with van der Waals surface area (Å²) in [5.41, 5.74) is 0. The number of hydrogen-bond donors (Lipinski definition) is 1. The van der Waals surface area contributed by atoms with Gasteiger partial charge in [0.1, 0.15) is 0 Å². The van der Waals surface area contributed by atoms with Crippen LogP contribution >= 0.6 is 0 Å². The van der Waals surface area contributed by atoms with Crippen molar-refractivity contribution in [2.75, 3.05) is 18.1 Å². The first-order valence-corrected chi connectivity index (χ1v) is 5.90. The molecule has 1 unspecified atom stereocenters. The minimum absolute atomic E-state index is 0.183. The standard InChI is InChI=1S/C7H15NO2S/c1-2-7-6-11(9,10)5-3-4-8-7/h7-8H,2-6H2,1H3. The van der Waals surface area contributed by atoms with E-state index in [0.29, 0.717) is 11.5 Å². The summed E-state index contributed by atoms with van der Waals surface area (Å²) in [6.07, 6.45) is 1.66. The predicted octanol–water partition coefficient (Wildman–Crippen LogP) is 0.173. The average molecular weight is 177 g/mol. The molecular weight excluding hydrogens is 162 g/mol. The second-order valence-corrected chi connectivity index (χ2v) is 5.26. The van der Waals surface area contributed by atoms with Gasteiger partial charge >= 0.3 is 0 Å². The molecule has 0 radical (unpaired) electrons. The van der Waals surface area contributed by atoms with Crippen molar-refractivity contribution in [3.8, 4) is 0 Å². The molecule has 0 spiro atoms. The first-order chi connectivity index (χ1) is 5.14. The third kappa shape index (κ3) is 2.79. The van der Waals surface area contributed by atoms with Gasteiger partial charge < -0.3 is 5.32 Å². The molecule has 3 nitrogen and oxygen atoms in total. The molecule has 0 aliphatic carbocycles. The summed E-state index contributed by atoms with van der Waals surface area (Å²) in [7, 11) is -2.74. The molecular formula is C7H15NO2S. The molecule has 4 heteroatoms. The number of rotatable bonds is 1. The summed E-state index contributed by atoms with van der Waals surface area (Å²) in [5, 5.41) is 3.21. The van der Waals surface area contributed by atoms with Crippen LogP contribution < -0.4 is 5.32 Å². The molecule has 1 N–H and O–H groups in total. The minimum Gasteiger partial charge on any atom is -0.313 e. The van der Waals surface area contributed by atoms with Crippen LogP contribution in [0.4, 0.5) is 0 Å². The van der Waals surface area contributed by atoms with E-state index in [1.165, 1.54) is 0 Å². The van der Waals surface area contributed by atoms with Gasteiger partial charge in [-0.25, -0.2) is 8.42 Å². The molecule has 0 aromatic carbocycles. The van der Waals surface area contributed by atoms with Gasteiger partial charge in [-0.05, 0) is 19.4 Å². The second kappa shape index (κ2) is 3.54. The van der Waals surface area contributed by atoms with Crippen LogP contribution in [0.1, 0.15) is 19.8 Å². The molecule has 0 bridgehead atoms. The van der Waals surface area contributed by atoms with Gasteiger partial charge in [-0.2, -0.15) is 0 Å². The lowest BCUT2D eigenvalue weighted by Crippen LogP contribution is -2.32. The molecule has 66 valence electrons. The smallest absolute Gasteiger partial charge is 0.151 e. The monoisotopic (exact) mass is 177 g/mol. The van der Waals surface area contributed by atoms with Crippen LogP contribution in [0.25, 0.3) is 0 Å². The third-order valence-corrected chi connectivity index (χ3v) is 3.83. The lowest BCUT2D eigenvalue weighted by molar-refractivity contribution is 0.540. The molecule has 0 amide bonds. The molecule has 11 heavy (non-hydrogen) atoms. The summed E-state index contributed by atoms with van der Waals surface area (Å²) >= 11 is 0. The molecule has 0 aromatic rings. The number of hydrogen-bond acceptors (Lipinski definition) is 3. The van der Waals surface area contributed by atoms with Crippen molar-refractivity contribution in [3.05, 3.63) is 0 Å². The van der Waals surface area contributed by atoms with Gasteiger partial charge in [0.05, 0.1) is 11.5 Å². The van der Waals surface area contributed by atoms with Gasteiger partial charge in [0.15, 0.2) is 9.84 Å². The summed E-state index contributed by atoms with van der Waals surface area (Å²) < 4.78 is 22.4. The van der Waals surface area contributed by atoms with Crippen LogP contribution in [0.2, 0.25) is 0 Å².